The Balaban J connectivity index is 2.58. The molecule has 0 aromatic carbocycles. The predicted octanol–water partition coefficient (Wildman–Crippen LogP) is 1.99. The van der Waals surface area contributed by atoms with Gasteiger partial charge in [0.25, 0.3) is 21.8 Å². The molecule has 8 nitrogen and oxygen atoms in total. The Kier molecular flexibility index (Phi) is 5.82. The first-order chi connectivity index (χ1) is 12.7. The van der Waals surface area contributed by atoms with E-state index in [4.69, 9.17) is 0 Å². The fourth-order valence-corrected chi connectivity index (χ4v) is 3.85. The van der Waals surface area contributed by atoms with E-state index in [0.717, 1.165) is 31.3 Å². The van der Waals surface area contributed by atoms with E-state index >= 15 is 0 Å². The van der Waals surface area contributed by atoms with Crippen molar-refractivity contribution in [1.29, 1.82) is 0 Å². The molecule has 0 radical (unpaired) electrons. The van der Waals surface area contributed by atoms with Crippen LogP contribution in [0.15, 0.2) is 34.0 Å². The predicted molar refractivity (Wildman–Crippen MR) is 93.1 cm³/mol. The summed E-state index contributed by atoms with van der Waals surface area (Å²) in [6.45, 7) is 2.11. The van der Waals surface area contributed by atoms with Crippen LogP contribution in [-0.2, 0) is 21.0 Å². The van der Waals surface area contributed by atoms with E-state index in [1.165, 1.54) is 21.5 Å². The first-order valence-electron chi connectivity index (χ1n) is 7.43. The lowest BCUT2D eigenvalue weighted by atomic mass is 10.1. The van der Waals surface area contributed by atoms with Gasteiger partial charge in [-0.3, -0.25) is 14.6 Å². The maximum atomic E-state index is 13.3. The van der Waals surface area contributed by atoms with Crippen molar-refractivity contribution < 1.29 is 36.3 Å². The van der Waals surface area contributed by atoms with E-state index < -0.39 is 49.9 Å². The molecule has 0 aliphatic rings. The number of aliphatic hydroxyl groups is 1. The van der Waals surface area contributed by atoms with Crippen LogP contribution in [0, 0.1) is 0 Å². The SMILES string of the molecule is CC(C)(O)C(=O)Nc1ccnc(C(F)(F)F)c1S(=O)(=O)NC(=O)c1ccsc1. The van der Waals surface area contributed by atoms with Gasteiger partial charge in [0.1, 0.15) is 10.5 Å². The zero-order valence-corrected chi connectivity index (χ0v) is 16.0. The summed E-state index contributed by atoms with van der Waals surface area (Å²) in [5.41, 5.74) is -4.71. The van der Waals surface area contributed by atoms with Crippen LogP contribution in [0.2, 0.25) is 0 Å². The van der Waals surface area contributed by atoms with Crippen molar-refractivity contribution in [3.8, 4) is 0 Å². The number of carbonyl (C=O) groups is 2. The zero-order chi connectivity index (χ0) is 21.3. The highest BCUT2D eigenvalue weighted by Gasteiger charge is 2.42. The minimum atomic E-state index is -5.20. The molecule has 0 spiro atoms. The number of amides is 2. The van der Waals surface area contributed by atoms with Crippen molar-refractivity contribution in [1.82, 2.24) is 9.71 Å². The van der Waals surface area contributed by atoms with Gasteiger partial charge in [-0.15, -0.1) is 0 Å². The lowest BCUT2D eigenvalue weighted by Gasteiger charge is -2.20. The molecule has 0 aliphatic heterocycles. The third-order valence-electron chi connectivity index (χ3n) is 3.26. The normalized spacial score (nSPS) is 12.5. The molecule has 2 aromatic heterocycles. The Bertz CT molecular complexity index is 997. The lowest BCUT2D eigenvalue weighted by Crippen LogP contribution is -2.38. The third-order valence-corrected chi connectivity index (χ3v) is 5.34. The molecule has 2 aromatic rings. The summed E-state index contributed by atoms with van der Waals surface area (Å²) < 4.78 is 66.7. The maximum absolute atomic E-state index is 13.3. The Labute approximate surface area is 161 Å². The topological polar surface area (TPSA) is 125 Å². The average Bonchev–Trinajstić information content (AvgIpc) is 3.07. The summed E-state index contributed by atoms with van der Waals surface area (Å²) in [5, 5.41) is 14.4. The van der Waals surface area contributed by atoms with Gasteiger partial charge in [-0.25, -0.2) is 13.1 Å². The van der Waals surface area contributed by atoms with Crippen molar-refractivity contribution in [2.45, 2.75) is 30.5 Å². The molecular weight excluding hydrogens is 423 g/mol. The number of alkyl halides is 3. The molecule has 3 N–H and O–H groups in total. The Morgan fingerprint density at radius 3 is 2.36 bits per heavy atom. The number of carbonyl (C=O) groups excluding carboxylic acids is 2. The van der Waals surface area contributed by atoms with E-state index in [0.29, 0.717) is 6.20 Å². The quantitative estimate of drug-likeness (QED) is 0.657. The molecule has 152 valence electrons. The largest absolute Gasteiger partial charge is 0.434 e. The number of nitrogens with one attached hydrogen (secondary N) is 2. The number of halogens is 3. The number of sulfonamides is 1. The number of aromatic nitrogens is 1. The average molecular weight is 437 g/mol. The summed E-state index contributed by atoms with van der Waals surface area (Å²) in [5.74, 6) is -2.31. The second-order valence-electron chi connectivity index (χ2n) is 5.99. The van der Waals surface area contributed by atoms with Crippen LogP contribution in [0.4, 0.5) is 18.9 Å². The van der Waals surface area contributed by atoms with Crippen molar-refractivity contribution in [2.24, 2.45) is 0 Å². The van der Waals surface area contributed by atoms with Crippen LogP contribution in [0.25, 0.3) is 0 Å². The van der Waals surface area contributed by atoms with E-state index in [2.05, 4.69) is 4.98 Å². The summed E-state index contributed by atoms with van der Waals surface area (Å²) in [6.07, 6.45) is -4.56. The molecule has 2 heterocycles. The number of pyridine rings is 1. The van der Waals surface area contributed by atoms with Crippen molar-refractivity contribution in [2.75, 3.05) is 5.32 Å². The molecule has 13 heteroatoms. The molecule has 0 saturated heterocycles. The molecule has 2 amide bonds. The minimum absolute atomic E-state index is 0.0758. The number of rotatable bonds is 5. The highest BCUT2D eigenvalue weighted by atomic mass is 32.2. The van der Waals surface area contributed by atoms with Gasteiger partial charge in [0.05, 0.1) is 11.3 Å². The van der Waals surface area contributed by atoms with Crippen LogP contribution < -0.4 is 10.0 Å². The van der Waals surface area contributed by atoms with Crippen molar-refractivity contribution >= 4 is 38.9 Å². The van der Waals surface area contributed by atoms with Crippen LogP contribution in [0.1, 0.15) is 29.9 Å². The van der Waals surface area contributed by atoms with Crippen molar-refractivity contribution in [3.63, 3.8) is 0 Å². The second kappa shape index (κ2) is 7.48. The Morgan fingerprint density at radius 1 is 1.21 bits per heavy atom. The summed E-state index contributed by atoms with van der Waals surface area (Å²) in [6, 6.07) is 2.09. The van der Waals surface area contributed by atoms with Gasteiger partial charge in [0.2, 0.25) is 0 Å². The molecule has 0 saturated carbocycles. The number of thiophene rings is 1. The summed E-state index contributed by atoms with van der Waals surface area (Å²) in [4.78, 5) is 25.6. The van der Waals surface area contributed by atoms with Crippen molar-refractivity contribution in [3.05, 3.63) is 40.3 Å². The van der Waals surface area contributed by atoms with Gasteiger partial charge in [-0.05, 0) is 31.4 Å². The first kappa shape index (κ1) is 21.8. The maximum Gasteiger partial charge on any atom is 0.434 e. The Hall–Kier alpha value is -2.51. The summed E-state index contributed by atoms with van der Waals surface area (Å²) in [7, 11) is -5.09. The smallest absolute Gasteiger partial charge is 0.381 e. The van der Waals surface area contributed by atoms with Gasteiger partial charge in [0, 0.05) is 11.6 Å². The molecular formula is C15H14F3N3O5S2. The van der Waals surface area contributed by atoms with Gasteiger partial charge in [-0.2, -0.15) is 24.5 Å². The molecule has 0 unspecified atom stereocenters. The van der Waals surface area contributed by atoms with Gasteiger partial charge < -0.3 is 10.4 Å². The highest BCUT2D eigenvalue weighted by molar-refractivity contribution is 7.90. The summed E-state index contributed by atoms with van der Waals surface area (Å²) >= 11 is 1.08. The third kappa shape index (κ3) is 4.85. The number of hydrogen-bond donors (Lipinski definition) is 3. The second-order valence-corrected chi connectivity index (χ2v) is 8.39. The van der Waals surface area contributed by atoms with Crippen LogP contribution in [0.3, 0.4) is 0 Å². The molecule has 0 atom stereocenters. The van der Waals surface area contributed by atoms with Crippen LogP contribution in [-0.4, -0.2) is 35.9 Å². The standard InChI is InChI=1S/C15H14F3N3O5S2/c1-14(2,24)13(23)20-9-3-5-19-11(15(16,17)18)10(9)28(25,26)21-12(22)8-4-6-27-7-8/h3-7,24H,1-2H3,(H,21,22)(H,19,20,23). The highest BCUT2D eigenvalue weighted by Crippen LogP contribution is 2.36. The van der Waals surface area contributed by atoms with E-state index in [1.807, 2.05) is 5.32 Å². The van der Waals surface area contributed by atoms with E-state index in [-0.39, 0.29) is 5.56 Å². The van der Waals surface area contributed by atoms with E-state index in [9.17, 15) is 36.3 Å². The zero-order valence-electron chi connectivity index (χ0n) is 14.4. The number of hydrogen-bond acceptors (Lipinski definition) is 7. The van der Waals surface area contributed by atoms with E-state index in [1.54, 1.807) is 0 Å². The molecule has 0 aliphatic carbocycles. The fourth-order valence-electron chi connectivity index (χ4n) is 1.92. The van der Waals surface area contributed by atoms with Gasteiger partial charge in [0.15, 0.2) is 5.69 Å². The Morgan fingerprint density at radius 2 is 1.86 bits per heavy atom. The minimum Gasteiger partial charge on any atom is -0.381 e. The number of anilines is 1. The van der Waals surface area contributed by atoms with Crippen LogP contribution >= 0.6 is 11.3 Å². The van der Waals surface area contributed by atoms with Crippen LogP contribution in [0.5, 0.6) is 0 Å². The monoisotopic (exact) mass is 437 g/mol. The first-order valence-corrected chi connectivity index (χ1v) is 9.85. The lowest BCUT2D eigenvalue weighted by molar-refractivity contribution is -0.143. The number of nitrogens with zero attached hydrogens (tertiary/aromatic N) is 1. The van der Waals surface area contributed by atoms with Gasteiger partial charge in [-0.1, -0.05) is 0 Å². The molecule has 2 rings (SSSR count). The molecule has 28 heavy (non-hydrogen) atoms. The molecule has 0 bridgehead atoms. The molecule has 0 fully saturated rings. The fraction of sp³-hybridized carbons (Fsp3) is 0.267. The van der Waals surface area contributed by atoms with Gasteiger partial charge >= 0.3 is 6.18 Å².